The number of nitrogens with zero attached hydrogens (tertiary/aromatic N) is 3. The molecule has 0 radical (unpaired) electrons. The number of ketones is 1. The lowest BCUT2D eigenvalue weighted by Crippen LogP contribution is -2.33. The molecule has 2 atom stereocenters. The number of hydrogen-bond donors (Lipinski definition) is 1. The topological polar surface area (TPSA) is 59.8 Å². The van der Waals surface area contributed by atoms with Gasteiger partial charge in [-0.3, -0.25) is 4.79 Å². The number of hydrogen-bond acceptors (Lipinski definition) is 4. The molecular formula is C18H17F3N4O. The third-order valence-electron chi connectivity index (χ3n) is 4.86. The Bertz CT molecular complexity index is 929. The summed E-state index contributed by atoms with van der Waals surface area (Å²) >= 11 is 0. The summed E-state index contributed by atoms with van der Waals surface area (Å²) in [5.74, 6) is -1.12. The Morgan fingerprint density at radius 2 is 1.96 bits per heavy atom. The number of nitrogens with one attached hydrogen (secondary N) is 1. The smallest absolute Gasteiger partial charge is 0.328 e. The predicted molar refractivity (Wildman–Crippen MR) is 88.4 cm³/mol. The van der Waals surface area contributed by atoms with E-state index in [0.29, 0.717) is 24.1 Å². The number of benzene rings is 1. The van der Waals surface area contributed by atoms with Crippen LogP contribution in [0.1, 0.15) is 42.8 Å². The Labute approximate surface area is 147 Å². The maximum atomic E-state index is 13.1. The first-order chi connectivity index (χ1) is 12.3. The van der Waals surface area contributed by atoms with Crippen LogP contribution in [0.2, 0.25) is 0 Å². The van der Waals surface area contributed by atoms with Crippen LogP contribution in [0.15, 0.2) is 35.5 Å². The van der Waals surface area contributed by atoms with Gasteiger partial charge >= 0.3 is 6.18 Å². The van der Waals surface area contributed by atoms with Gasteiger partial charge in [-0.1, -0.05) is 31.2 Å². The number of halogens is 3. The molecule has 2 aliphatic rings. The lowest BCUT2D eigenvalue weighted by molar-refractivity contribution is -0.145. The first-order valence-electron chi connectivity index (χ1n) is 8.38. The second-order valence-corrected chi connectivity index (χ2v) is 6.91. The second-order valence-electron chi connectivity index (χ2n) is 6.91. The van der Waals surface area contributed by atoms with E-state index in [1.54, 1.807) is 0 Å². The molecule has 0 saturated carbocycles. The minimum atomic E-state index is -4.65. The maximum Gasteiger partial charge on any atom is 0.453 e. The summed E-state index contributed by atoms with van der Waals surface area (Å²) in [4.78, 5) is 16.4. The summed E-state index contributed by atoms with van der Waals surface area (Å²) in [5, 5.41) is 6.62. The van der Waals surface area contributed by atoms with Gasteiger partial charge in [0.2, 0.25) is 5.95 Å². The zero-order valence-corrected chi connectivity index (χ0v) is 14.3. The number of carbonyl (C=O) groups is 1. The number of Topliss-reactive ketones (excluding diaryl/α,β-unsaturated/α-hetero) is 1. The lowest BCUT2D eigenvalue weighted by Gasteiger charge is -2.34. The van der Waals surface area contributed by atoms with Gasteiger partial charge < -0.3 is 5.32 Å². The number of carbonyl (C=O) groups excluding carboxylic acids is 1. The number of aromatic nitrogens is 3. The van der Waals surface area contributed by atoms with Crippen LogP contribution in [0.3, 0.4) is 0 Å². The van der Waals surface area contributed by atoms with Crippen molar-refractivity contribution < 1.29 is 18.0 Å². The van der Waals surface area contributed by atoms with E-state index in [9.17, 15) is 18.0 Å². The molecule has 8 heteroatoms. The quantitative estimate of drug-likeness (QED) is 0.837. The van der Waals surface area contributed by atoms with Crippen LogP contribution >= 0.6 is 0 Å². The van der Waals surface area contributed by atoms with E-state index in [1.165, 1.54) is 4.68 Å². The minimum absolute atomic E-state index is 0.0197. The van der Waals surface area contributed by atoms with Crippen molar-refractivity contribution in [2.75, 3.05) is 5.32 Å². The predicted octanol–water partition coefficient (Wildman–Crippen LogP) is 3.87. The number of anilines is 1. The Morgan fingerprint density at radius 1 is 1.23 bits per heavy atom. The SMILES string of the molecule is Cc1ccccc1[C@@H]1C2=C(C[C@H](C)CC2=O)Nc2nc(C(F)(F)F)nn21. The molecular weight excluding hydrogens is 345 g/mol. The summed E-state index contributed by atoms with van der Waals surface area (Å²) in [6.45, 7) is 3.82. The van der Waals surface area contributed by atoms with E-state index in [2.05, 4.69) is 15.4 Å². The maximum absolute atomic E-state index is 13.1. The van der Waals surface area contributed by atoms with Crippen LogP contribution in [0, 0.1) is 12.8 Å². The minimum Gasteiger partial charge on any atom is -0.328 e. The summed E-state index contributed by atoms with van der Waals surface area (Å²) in [6.07, 6.45) is -3.68. The summed E-state index contributed by atoms with van der Waals surface area (Å²) in [7, 11) is 0. The van der Waals surface area contributed by atoms with Crippen molar-refractivity contribution >= 4 is 11.7 Å². The molecule has 1 aliphatic carbocycles. The Hall–Kier alpha value is -2.64. The first kappa shape index (κ1) is 16.8. The van der Waals surface area contributed by atoms with Gasteiger partial charge in [-0.15, -0.1) is 5.10 Å². The van der Waals surface area contributed by atoms with Crippen LogP contribution in [-0.2, 0) is 11.0 Å². The molecule has 0 fully saturated rings. The summed E-state index contributed by atoms with van der Waals surface area (Å²) in [6, 6.07) is 6.64. The van der Waals surface area contributed by atoms with E-state index in [-0.39, 0.29) is 17.6 Å². The van der Waals surface area contributed by atoms with Gasteiger partial charge in [-0.05, 0) is 30.4 Å². The zero-order valence-electron chi connectivity index (χ0n) is 14.3. The highest BCUT2D eigenvalue weighted by Crippen LogP contribution is 2.43. The molecule has 1 aromatic carbocycles. The van der Waals surface area contributed by atoms with E-state index in [4.69, 9.17) is 0 Å². The zero-order chi connectivity index (χ0) is 18.6. The van der Waals surface area contributed by atoms with E-state index < -0.39 is 18.0 Å². The molecule has 0 saturated heterocycles. The van der Waals surface area contributed by atoms with E-state index >= 15 is 0 Å². The second kappa shape index (κ2) is 5.69. The largest absolute Gasteiger partial charge is 0.453 e. The average Bonchev–Trinajstić information content (AvgIpc) is 2.97. The van der Waals surface area contributed by atoms with Gasteiger partial charge in [0.15, 0.2) is 5.78 Å². The Balaban J connectivity index is 1.94. The van der Waals surface area contributed by atoms with E-state index in [0.717, 1.165) is 11.1 Å². The van der Waals surface area contributed by atoms with Gasteiger partial charge in [0, 0.05) is 17.7 Å². The fourth-order valence-corrected chi connectivity index (χ4v) is 3.71. The van der Waals surface area contributed by atoms with Crippen LogP contribution < -0.4 is 5.32 Å². The molecule has 26 heavy (non-hydrogen) atoms. The average molecular weight is 362 g/mol. The number of aryl methyl sites for hydroxylation is 1. The lowest BCUT2D eigenvalue weighted by atomic mass is 9.80. The van der Waals surface area contributed by atoms with Crippen molar-refractivity contribution in [2.24, 2.45) is 5.92 Å². The molecule has 1 aliphatic heterocycles. The van der Waals surface area contributed by atoms with Crippen LogP contribution in [0.25, 0.3) is 0 Å². The fraction of sp³-hybridized carbons (Fsp3) is 0.389. The highest BCUT2D eigenvalue weighted by molar-refractivity contribution is 5.99. The standard InChI is InChI=1S/C18H17F3N4O/c1-9-7-12-14(13(26)8-9)15(11-6-4-3-5-10(11)2)25-17(22-12)23-16(24-25)18(19,20)21/h3-6,9,15H,7-8H2,1-2H3,(H,22,23,24)/t9-,15+/m0/s1. The Kier molecular flexibility index (Phi) is 3.68. The van der Waals surface area contributed by atoms with Crippen molar-refractivity contribution in [3.05, 3.63) is 52.5 Å². The van der Waals surface area contributed by atoms with Crippen LogP contribution in [-0.4, -0.2) is 20.5 Å². The van der Waals surface area contributed by atoms with Crippen molar-refractivity contribution in [1.29, 1.82) is 0 Å². The van der Waals surface area contributed by atoms with Crippen LogP contribution in [0.4, 0.5) is 19.1 Å². The van der Waals surface area contributed by atoms with Crippen LogP contribution in [0.5, 0.6) is 0 Å². The third kappa shape index (κ3) is 2.60. The molecule has 2 aromatic rings. The highest BCUT2D eigenvalue weighted by atomic mass is 19.4. The molecule has 0 amide bonds. The molecule has 5 nitrogen and oxygen atoms in total. The van der Waals surface area contributed by atoms with Gasteiger partial charge in [0.1, 0.15) is 6.04 Å². The van der Waals surface area contributed by atoms with Crippen molar-refractivity contribution in [3.8, 4) is 0 Å². The van der Waals surface area contributed by atoms with Gasteiger partial charge in [-0.2, -0.15) is 18.2 Å². The van der Waals surface area contributed by atoms with Gasteiger partial charge in [0.05, 0.1) is 0 Å². The highest BCUT2D eigenvalue weighted by Gasteiger charge is 2.43. The number of fused-ring (bicyclic) bond motifs is 1. The van der Waals surface area contributed by atoms with Gasteiger partial charge in [-0.25, -0.2) is 4.68 Å². The summed E-state index contributed by atoms with van der Waals surface area (Å²) < 4.78 is 40.6. The first-order valence-corrected chi connectivity index (χ1v) is 8.38. The third-order valence-corrected chi connectivity index (χ3v) is 4.86. The number of allylic oxidation sites excluding steroid dienone is 2. The molecule has 1 N–H and O–H groups in total. The van der Waals surface area contributed by atoms with Crippen molar-refractivity contribution in [1.82, 2.24) is 14.8 Å². The molecule has 0 unspecified atom stereocenters. The number of alkyl halides is 3. The van der Waals surface area contributed by atoms with Crippen molar-refractivity contribution in [3.63, 3.8) is 0 Å². The van der Waals surface area contributed by atoms with E-state index in [1.807, 2.05) is 38.1 Å². The molecule has 4 rings (SSSR count). The Morgan fingerprint density at radius 3 is 2.65 bits per heavy atom. The molecule has 1 aromatic heterocycles. The molecule has 136 valence electrons. The normalized spacial score (nSPS) is 22.7. The molecule has 2 heterocycles. The number of rotatable bonds is 1. The van der Waals surface area contributed by atoms with Gasteiger partial charge in [0.25, 0.3) is 5.82 Å². The molecule has 0 spiro atoms. The monoisotopic (exact) mass is 362 g/mol. The fourth-order valence-electron chi connectivity index (χ4n) is 3.71. The summed E-state index contributed by atoms with van der Waals surface area (Å²) in [5.41, 5.74) is 2.77. The van der Waals surface area contributed by atoms with Crippen molar-refractivity contribution in [2.45, 2.75) is 38.9 Å². The molecule has 0 bridgehead atoms.